The molecule has 0 saturated heterocycles. The Morgan fingerprint density at radius 3 is 2.59 bits per heavy atom. The predicted octanol–water partition coefficient (Wildman–Crippen LogP) is 3.06. The lowest BCUT2D eigenvalue weighted by Gasteiger charge is -2.05. The van der Waals surface area contributed by atoms with Gasteiger partial charge < -0.3 is 9.73 Å². The molecule has 0 radical (unpaired) electrons. The number of amides is 1. The van der Waals surface area contributed by atoms with Crippen LogP contribution in [-0.4, -0.2) is 26.5 Å². The van der Waals surface area contributed by atoms with Gasteiger partial charge >= 0.3 is 0 Å². The number of benzene rings is 1. The lowest BCUT2D eigenvalue weighted by atomic mass is 10.1. The molecule has 1 aromatic carbocycles. The Kier molecular flexibility index (Phi) is 5.49. The van der Waals surface area contributed by atoms with Crippen LogP contribution in [0, 0.1) is 13.8 Å². The first-order chi connectivity index (χ1) is 13.0. The van der Waals surface area contributed by atoms with Crippen LogP contribution >= 0.6 is 0 Å². The zero-order chi connectivity index (χ0) is 19.4. The van der Waals surface area contributed by atoms with E-state index in [1.165, 1.54) is 6.92 Å². The van der Waals surface area contributed by atoms with Crippen molar-refractivity contribution >= 4 is 11.7 Å². The molecule has 3 rings (SSSR count). The van der Waals surface area contributed by atoms with Gasteiger partial charge in [0.2, 0.25) is 11.8 Å². The largest absolute Gasteiger partial charge is 0.444 e. The summed E-state index contributed by atoms with van der Waals surface area (Å²) in [7, 11) is 0. The van der Waals surface area contributed by atoms with Gasteiger partial charge in [0.1, 0.15) is 6.26 Å². The van der Waals surface area contributed by atoms with Crippen LogP contribution in [0.1, 0.15) is 40.8 Å². The summed E-state index contributed by atoms with van der Waals surface area (Å²) in [5.41, 5.74) is 3.66. The Morgan fingerprint density at radius 1 is 1.19 bits per heavy atom. The summed E-state index contributed by atoms with van der Waals surface area (Å²) in [6.45, 7) is 5.88. The second-order valence-corrected chi connectivity index (χ2v) is 6.36. The fourth-order valence-corrected chi connectivity index (χ4v) is 3.01. The van der Waals surface area contributed by atoms with E-state index >= 15 is 0 Å². The van der Waals surface area contributed by atoms with Gasteiger partial charge in [-0.1, -0.05) is 18.2 Å². The van der Waals surface area contributed by atoms with Crippen molar-refractivity contribution in [1.29, 1.82) is 0 Å². The first-order valence-electron chi connectivity index (χ1n) is 8.77. The Labute approximate surface area is 157 Å². The summed E-state index contributed by atoms with van der Waals surface area (Å²) in [6, 6.07) is 9.58. The highest BCUT2D eigenvalue weighted by molar-refractivity contribution is 5.96. The molecule has 7 nitrogen and oxygen atoms in total. The number of carbonyl (C=O) groups excluding carboxylic acids is 2. The van der Waals surface area contributed by atoms with Crippen LogP contribution in [0.15, 0.2) is 41.0 Å². The van der Waals surface area contributed by atoms with Crippen molar-refractivity contribution in [1.82, 2.24) is 20.1 Å². The lowest BCUT2D eigenvalue weighted by molar-refractivity contribution is -0.121. The number of aromatic nitrogens is 3. The van der Waals surface area contributed by atoms with E-state index < -0.39 is 0 Å². The molecule has 7 heteroatoms. The summed E-state index contributed by atoms with van der Waals surface area (Å²) >= 11 is 0. The van der Waals surface area contributed by atoms with E-state index in [0.29, 0.717) is 35.9 Å². The van der Waals surface area contributed by atoms with Crippen LogP contribution in [-0.2, 0) is 17.9 Å². The topological polar surface area (TPSA) is 90.0 Å². The number of Topliss-reactive ketones (excluding diaryl/α,β-unsaturated/α-hetero) is 1. The number of nitrogens with one attached hydrogen (secondary N) is 1. The second-order valence-electron chi connectivity index (χ2n) is 6.36. The van der Waals surface area contributed by atoms with E-state index in [4.69, 9.17) is 4.42 Å². The van der Waals surface area contributed by atoms with Gasteiger partial charge in [0.05, 0.1) is 23.5 Å². The van der Waals surface area contributed by atoms with E-state index in [0.717, 1.165) is 11.3 Å². The molecule has 1 amide bonds. The lowest BCUT2D eigenvalue weighted by Crippen LogP contribution is -2.24. The molecule has 0 unspecified atom stereocenters. The van der Waals surface area contributed by atoms with Gasteiger partial charge in [0, 0.05) is 24.2 Å². The Morgan fingerprint density at radius 2 is 1.93 bits per heavy atom. The summed E-state index contributed by atoms with van der Waals surface area (Å²) in [6.07, 6.45) is 1.81. The van der Waals surface area contributed by atoms with E-state index in [2.05, 4.69) is 15.4 Å². The number of nitrogens with zero attached hydrogens (tertiary/aromatic N) is 3. The first kappa shape index (κ1) is 18.6. The summed E-state index contributed by atoms with van der Waals surface area (Å²) in [5, 5.41) is 7.18. The van der Waals surface area contributed by atoms with Crippen LogP contribution in [0.5, 0.6) is 0 Å². The van der Waals surface area contributed by atoms with E-state index in [9.17, 15) is 9.59 Å². The molecule has 27 heavy (non-hydrogen) atoms. The molecular formula is C20H22N4O3. The molecule has 1 N–H and O–H groups in total. The number of aryl methyl sites for hydroxylation is 2. The molecule has 0 spiro atoms. The third kappa shape index (κ3) is 4.31. The standard InChI is InChI=1S/C20H22N4O3/c1-13-19(15(3)25)14(2)24(23-13)10-9-18(26)21-11-17-12-27-20(22-17)16-7-5-4-6-8-16/h4-8,12H,9-11H2,1-3H3,(H,21,26). The van der Waals surface area contributed by atoms with Gasteiger partial charge in [-0.3, -0.25) is 14.3 Å². The number of ketones is 1. The van der Waals surface area contributed by atoms with Gasteiger partial charge in [-0.2, -0.15) is 5.10 Å². The number of hydrogen-bond acceptors (Lipinski definition) is 5. The van der Waals surface area contributed by atoms with Crippen molar-refractivity contribution in [2.45, 2.75) is 40.3 Å². The molecule has 0 fully saturated rings. The molecular weight excluding hydrogens is 344 g/mol. The van der Waals surface area contributed by atoms with Crippen molar-refractivity contribution in [2.75, 3.05) is 0 Å². The number of oxazole rings is 1. The van der Waals surface area contributed by atoms with Crippen LogP contribution in [0.3, 0.4) is 0 Å². The van der Waals surface area contributed by atoms with Gasteiger partial charge in [0.25, 0.3) is 0 Å². The fraction of sp³-hybridized carbons (Fsp3) is 0.300. The Balaban J connectivity index is 1.53. The van der Waals surface area contributed by atoms with Gasteiger partial charge in [-0.05, 0) is 32.9 Å². The van der Waals surface area contributed by atoms with E-state index in [1.54, 1.807) is 17.9 Å². The molecule has 0 aliphatic heterocycles. The Bertz CT molecular complexity index is 957. The first-order valence-corrected chi connectivity index (χ1v) is 8.77. The summed E-state index contributed by atoms with van der Waals surface area (Å²) in [4.78, 5) is 28.2. The smallest absolute Gasteiger partial charge is 0.226 e. The molecule has 0 aliphatic rings. The Hall–Kier alpha value is -3.22. The third-order valence-electron chi connectivity index (χ3n) is 4.32. The monoisotopic (exact) mass is 366 g/mol. The zero-order valence-corrected chi connectivity index (χ0v) is 15.7. The van der Waals surface area contributed by atoms with Gasteiger partial charge in [-0.25, -0.2) is 4.98 Å². The summed E-state index contributed by atoms with van der Waals surface area (Å²) < 4.78 is 7.16. The minimum atomic E-state index is -0.115. The maximum Gasteiger partial charge on any atom is 0.226 e. The van der Waals surface area contributed by atoms with Gasteiger partial charge in [0.15, 0.2) is 5.78 Å². The van der Waals surface area contributed by atoms with Crippen LogP contribution < -0.4 is 5.32 Å². The molecule has 3 aromatic rings. The normalized spacial score (nSPS) is 10.8. The van der Waals surface area contributed by atoms with Gasteiger partial charge in [-0.15, -0.1) is 0 Å². The SMILES string of the molecule is CC(=O)c1c(C)nn(CCC(=O)NCc2coc(-c3ccccc3)n2)c1C. The molecule has 2 heterocycles. The minimum absolute atomic E-state index is 0.0130. The molecule has 0 saturated carbocycles. The molecule has 2 aromatic heterocycles. The van der Waals surface area contributed by atoms with E-state index in [-0.39, 0.29) is 18.1 Å². The van der Waals surface area contributed by atoms with Crippen LogP contribution in [0.4, 0.5) is 0 Å². The van der Waals surface area contributed by atoms with Crippen molar-refractivity contribution in [3.8, 4) is 11.5 Å². The number of hydrogen-bond donors (Lipinski definition) is 1. The molecule has 0 aliphatic carbocycles. The number of carbonyl (C=O) groups is 2. The quantitative estimate of drug-likeness (QED) is 0.649. The van der Waals surface area contributed by atoms with Crippen molar-refractivity contribution in [3.05, 3.63) is 59.2 Å². The van der Waals surface area contributed by atoms with Crippen LogP contribution in [0.25, 0.3) is 11.5 Å². The second kappa shape index (κ2) is 7.99. The zero-order valence-electron chi connectivity index (χ0n) is 15.7. The number of rotatable bonds is 7. The minimum Gasteiger partial charge on any atom is -0.444 e. The van der Waals surface area contributed by atoms with Crippen molar-refractivity contribution in [3.63, 3.8) is 0 Å². The maximum absolute atomic E-state index is 12.1. The highest BCUT2D eigenvalue weighted by Gasteiger charge is 2.15. The summed E-state index contributed by atoms with van der Waals surface area (Å²) in [5.74, 6) is 0.399. The fourth-order valence-electron chi connectivity index (χ4n) is 3.01. The predicted molar refractivity (Wildman–Crippen MR) is 100 cm³/mol. The highest BCUT2D eigenvalue weighted by Crippen LogP contribution is 2.18. The molecule has 140 valence electrons. The third-order valence-corrected chi connectivity index (χ3v) is 4.32. The molecule has 0 bridgehead atoms. The average Bonchev–Trinajstić information content (AvgIpc) is 3.23. The van der Waals surface area contributed by atoms with E-state index in [1.807, 2.05) is 37.3 Å². The maximum atomic E-state index is 12.1. The van der Waals surface area contributed by atoms with Crippen molar-refractivity contribution in [2.24, 2.45) is 0 Å². The van der Waals surface area contributed by atoms with Crippen molar-refractivity contribution < 1.29 is 14.0 Å². The molecule has 0 atom stereocenters. The van der Waals surface area contributed by atoms with Crippen LogP contribution in [0.2, 0.25) is 0 Å². The average molecular weight is 366 g/mol. The highest BCUT2D eigenvalue weighted by atomic mass is 16.3.